The molecule has 0 unspecified atom stereocenters. The Kier molecular flexibility index (Phi) is 4.41. The molecule has 0 atom stereocenters. The monoisotopic (exact) mass is 278 g/mol. The minimum absolute atomic E-state index is 0.252. The number of ether oxygens (including phenoxy) is 2. The first-order valence-corrected chi connectivity index (χ1v) is 6.75. The van der Waals surface area contributed by atoms with E-state index < -0.39 is 5.97 Å². The molecule has 0 fully saturated rings. The Labute approximate surface area is 115 Å². The number of carboxylic acids is 1. The molecule has 1 aromatic carbocycles. The van der Waals surface area contributed by atoms with Crippen molar-refractivity contribution in [2.45, 2.75) is 13.3 Å². The largest absolute Gasteiger partial charge is 0.490 e. The normalized spacial score (nSPS) is 10.2. The maximum absolute atomic E-state index is 10.8. The van der Waals surface area contributed by atoms with Crippen LogP contribution in [0.5, 0.6) is 16.6 Å². The Morgan fingerprint density at radius 1 is 1.21 bits per heavy atom. The number of benzene rings is 1. The van der Waals surface area contributed by atoms with Crippen LogP contribution in [0.2, 0.25) is 0 Å². The van der Waals surface area contributed by atoms with Gasteiger partial charge in [0.2, 0.25) is 0 Å². The Morgan fingerprint density at radius 3 is 2.58 bits per heavy atom. The highest BCUT2D eigenvalue weighted by molar-refractivity contribution is 7.15. The predicted molar refractivity (Wildman–Crippen MR) is 73.6 cm³/mol. The Balaban J connectivity index is 2.15. The second-order valence-corrected chi connectivity index (χ2v) is 4.87. The number of hydrogen-bond acceptors (Lipinski definition) is 4. The molecule has 5 heteroatoms. The quantitative estimate of drug-likeness (QED) is 0.866. The van der Waals surface area contributed by atoms with Gasteiger partial charge in [-0.2, -0.15) is 0 Å². The molecule has 1 heterocycles. The zero-order valence-electron chi connectivity index (χ0n) is 10.5. The number of hydrogen-bond donors (Lipinski definition) is 1. The number of rotatable bonds is 6. The fraction of sp³-hybridized carbons (Fsp3) is 0.214. The van der Waals surface area contributed by atoms with Gasteiger partial charge in [0.15, 0.2) is 16.6 Å². The number of thiophene rings is 1. The fourth-order valence-corrected chi connectivity index (χ4v) is 2.17. The third-order valence-electron chi connectivity index (χ3n) is 2.31. The van der Waals surface area contributed by atoms with Crippen LogP contribution in [0.1, 0.15) is 23.0 Å². The lowest BCUT2D eigenvalue weighted by Gasteiger charge is -2.10. The van der Waals surface area contributed by atoms with Gasteiger partial charge in [0.1, 0.15) is 4.88 Å². The maximum Gasteiger partial charge on any atom is 0.345 e. The number of aromatic carboxylic acids is 1. The molecular weight excluding hydrogens is 264 g/mol. The van der Waals surface area contributed by atoms with Crippen LogP contribution < -0.4 is 9.47 Å². The summed E-state index contributed by atoms with van der Waals surface area (Å²) < 4.78 is 11.2. The van der Waals surface area contributed by atoms with Crippen LogP contribution in [-0.4, -0.2) is 17.7 Å². The molecule has 1 aromatic heterocycles. The summed E-state index contributed by atoms with van der Waals surface area (Å²) in [4.78, 5) is 11.1. The third-order valence-corrected chi connectivity index (χ3v) is 3.26. The van der Waals surface area contributed by atoms with Crippen molar-refractivity contribution in [3.63, 3.8) is 0 Å². The summed E-state index contributed by atoms with van der Waals surface area (Å²) in [6, 6.07) is 10.5. The standard InChI is InChI=1S/C14H14O4S/c1-2-9-17-10-5-3-4-6-11(10)18-13-8-7-12(19-13)14(15)16/h3-8H,2,9H2,1H3,(H,15,16). The van der Waals surface area contributed by atoms with E-state index in [1.165, 1.54) is 6.07 Å². The smallest absolute Gasteiger partial charge is 0.345 e. The summed E-state index contributed by atoms with van der Waals surface area (Å²) >= 11 is 1.09. The van der Waals surface area contributed by atoms with Gasteiger partial charge in [0.05, 0.1) is 6.61 Å². The summed E-state index contributed by atoms with van der Waals surface area (Å²) in [6.07, 6.45) is 0.913. The van der Waals surface area contributed by atoms with Gasteiger partial charge in [-0.3, -0.25) is 0 Å². The van der Waals surface area contributed by atoms with E-state index >= 15 is 0 Å². The molecule has 0 amide bonds. The van der Waals surface area contributed by atoms with Crippen LogP contribution in [0.25, 0.3) is 0 Å². The highest BCUT2D eigenvalue weighted by atomic mass is 32.1. The molecule has 0 bridgehead atoms. The Hall–Kier alpha value is -2.01. The van der Waals surface area contributed by atoms with Crippen LogP contribution >= 0.6 is 11.3 Å². The Morgan fingerprint density at radius 2 is 1.95 bits per heavy atom. The molecule has 2 rings (SSSR count). The van der Waals surface area contributed by atoms with E-state index in [1.807, 2.05) is 25.1 Å². The lowest BCUT2D eigenvalue weighted by Crippen LogP contribution is -1.96. The van der Waals surface area contributed by atoms with Crippen molar-refractivity contribution >= 4 is 17.3 Å². The van der Waals surface area contributed by atoms with Crippen LogP contribution in [0.3, 0.4) is 0 Å². The molecule has 0 radical (unpaired) electrons. The summed E-state index contributed by atoms with van der Waals surface area (Å²) in [7, 11) is 0. The molecule has 0 aliphatic rings. The van der Waals surface area contributed by atoms with Crippen molar-refractivity contribution in [3.8, 4) is 16.6 Å². The van der Waals surface area contributed by atoms with Gasteiger partial charge in [-0.05, 0) is 30.7 Å². The van der Waals surface area contributed by atoms with E-state index in [-0.39, 0.29) is 4.88 Å². The molecule has 0 saturated heterocycles. The third kappa shape index (κ3) is 3.48. The van der Waals surface area contributed by atoms with Crippen molar-refractivity contribution in [3.05, 3.63) is 41.3 Å². The lowest BCUT2D eigenvalue weighted by molar-refractivity contribution is 0.0702. The second kappa shape index (κ2) is 6.24. The zero-order valence-corrected chi connectivity index (χ0v) is 11.3. The first-order chi connectivity index (χ1) is 9.20. The van der Waals surface area contributed by atoms with Crippen LogP contribution in [0.15, 0.2) is 36.4 Å². The highest BCUT2D eigenvalue weighted by Crippen LogP contribution is 2.35. The van der Waals surface area contributed by atoms with Gasteiger partial charge in [0, 0.05) is 0 Å². The summed E-state index contributed by atoms with van der Waals surface area (Å²) in [5.41, 5.74) is 0. The van der Waals surface area contributed by atoms with Crippen LogP contribution in [-0.2, 0) is 0 Å². The van der Waals surface area contributed by atoms with Gasteiger partial charge in [-0.15, -0.1) is 0 Å². The summed E-state index contributed by atoms with van der Waals surface area (Å²) in [6.45, 7) is 2.65. The maximum atomic E-state index is 10.8. The SMILES string of the molecule is CCCOc1ccccc1Oc1ccc(C(=O)O)s1. The van der Waals surface area contributed by atoms with Crippen molar-refractivity contribution in [1.82, 2.24) is 0 Å². The van der Waals surface area contributed by atoms with E-state index in [2.05, 4.69) is 0 Å². The van der Waals surface area contributed by atoms with Gasteiger partial charge >= 0.3 is 5.97 Å². The highest BCUT2D eigenvalue weighted by Gasteiger charge is 2.10. The summed E-state index contributed by atoms with van der Waals surface area (Å²) in [5.74, 6) is 0.305. The molecule has 0 spiro atoms. The number of para-hydroxylation sites is 2. The van der Waals surface area contributed by atoms with E-state index in [1.54, 1.807) is 12.1 Å². The fourth-order valence-electron chi connectivity index (χ4n) is 1.46. The molecule has 2 aromatic rings. The first-order valence-electron chi connectivity index (χ1n) is 5.93. The molecule has 0 aliphatic heterocycles. The molecule has 0 aliphatic carbocycles. The Bertz CT molecular complexity index is 562. The van der Waals surface area contributed by atoms with Gasteiger partial charge in [-0.25, -0.2) is 4.79 Å². The minimum atomic E-state index is -0.949. The van der Waals surface area contributed by atoms with E-state index in [0.29, 0.717) is 23.2 Å². The molecule has 4 nitrogen and oxygen atoms in total. The lowest BCUT2D eigenvalue weighted by atomic mass is 10.3. The zero-order chi connectivity index (χ0) is 13.7. The predicted octanol–water partition coefficient (Wildman–Crippen LogP) is 4.03. The topological polar surface area (TPSA) is 55.8 Å². The van der Waals surface area contributed by atoms with Crippen molar-refractivity contribution in [2.75, 3.05) is 6.61 Å². The van der Waals surface area contributed by atoms with Crippen LogP contribution in [0.4, 0.5) is 0 Å². The molecular formula is C14H14O4S. The second-order valence-electron chi connectivity index (χ2n) is 3.82. The average Bonchev–Trinajstić information content (AvgIpc) is 2.86. The van der Waals surface area contributed by atoms with Gasteiger partial charge < -0.3 is 14.6 Å². The average molecular weight is 278 g/mol. The molecule has 100 valence electrons. The molecule has 19 heavy (non-hydrogen) atoms. The van der Waals surface area contributed by atoms with Crippen molar-refractivity contribution in [2.24, 2.45) is 0 Å². The minimum Gasteiger partial charge on any atom is -0.490 e. The van der Waals surface area contributed by atoms with Crippen LogP contribution in [0, 0.1) is 0 Å². The van der Waals surface area contributed by atoms with E-state index in [0.717, 1.165) is 17.8 Å². The van der Waals surface area contributed by atoms with Crippen molar-refractivity contribution in [1.29, 1.82) is 0 Å². The number of carbonyl (C=O) groups is 1. The number of carboxylic acid groups (broad SMARTS) is 1. The van der Waals surface area contributed by atoms with Gasteiger partial charge in [-0.1, -0.05) is 30.4 Å². The van der Waals surface area contributed by atoms with E-state index in [9.17, 15) is 4.79 Å². The first kappa shape index (κ1) is 13.4. The summed E-state index contributed by atoms with van der Waals surface area (Å²) in [5, 5.41) is 9.40. The van der Waals surface area contributed by atoms with Crippen molar-refractivity contribution < 1.29 is 19.4 Å². The van der Waals surface area contributed by atoms with E-state index in [4.69, 9.17) is 14.6 Å². The molecule has 0 saturated carbocycles. The van der Waals surface area contributed by atoms with Gasteiger partial charge in [0.25, 0.3) is 0 Å². The molecule has 1 N–H and O–H groups in total.